The first-order chi connectivity index (χ1) is 9.69. The largest absolute Gasteiger partial charge is 0.340 e. The molecule has 20 heavy (non-hydrogen) atoms. The molecule has 3 aromatic rings. The number of fused-ring (bicyclic) bond motifs is 1. The standard InChI is InChI=1S/C14H8BrN3OS/c15-10-1-2-13-12(3-10)14(19)9(4-16)5-18(13)6-11-7-20-8-17-11/h1-3,5,7-8H,6H2. The Labute approximate surface area is 127 Å². The van der Waals surface area contributed by atoms with Crippen LogP contribution in [0.15, 0.2) is 44.6 Å². The highest BCUT2D eigenvalue weighted by molar-refractivity contribution is 9.10. The van der Waals surface area contributed by atoms with E-state index in [1.807, 2.05) is 28.1 Å². The number of nitriles is 1. The summed E-state index contributed by atoms with van der Waals surface area (Å²) < 4.78 is 2.70. The molecule has 2 heterocycles. The Morgan fingerprint density at radius 1 is 1.45 bits per heavy atom. The third-order valence-corrected chi connectivity index (χ3v) is 4.11. The molecule has 0 spiro atoms. The van der Waals surface area contributed by atoms with Gasteiger partial charge in [-0.1, -0.05) is 15.9 Å². The van der Waals surface area contributed by atoms with Gasteiger partial charge in [0, 0.05) is 21.4 Å². The molecule has 0 unspecified atom stereocenters. The van der Waals surface area contributed by atoms with Gasteiger partial charge in [0.05, 0.1) is 23.3 Å². The Balaban J connectivity index is 2.28. The fourth-order valence-corrected chi connectivity index (χ4v) is 2.98. The summed E-state index contributed by atoms with van der Waals surface area (Å²) in [4.78, 5) is 16.4. The van der Waals surface area contributed by atoms with Gasteiger partial charge >= 0.3 is 0 Å². The molecule has 1 aromatic carbocycles. The number of pyridine rings is 1. The summed E-state index contributed by atoms with van der Waals surface area (Å²) in [5, 5.41) is 11.6. The molecule has 0 radical (unpaired) electrons. The molecule has 6 heteroatoms. The van der Waals surface area contributed by atoms with E-state index in [1.165, 1.54) is 11.3 Å². The summed E-state index contributed by atoms with van der Waals surface area (Å²) in [7, 11) is 0. The average molecular weight is 346 g/mol. The fraction of sp³-hybridized carbons (Fsp3) is 0.0714. The van der Waals surface area contributed by atoms with Gasteiger partial charge in [0.15, 0.2) is 0 Å². The van der Waals surface area contributed by atoms with Crippen molar-refractivity contribution in [3.05, 3.63) is 61.2 Å². The van der Waals surface area contributed by atoms with Crippen molar-refractivity contribution in [3.8, 4) is 6.07 Å². The van der Waals surface area contributed by atoms with Crippen molar-refractivity contribution < 1.29 is 0 Å². The van der Waals surface area contributed by atoms with E-state index in [4.69, 9.17) is 5.26 Å². The van der Waals surface area contributed by atoms with E-state index in [2.05, 4.69) is 20.9 Å². The van der Waals surface area contributed by atoms with Gasteiger partial charge in [-0.2, -0.15) is 5.26 Å². The number of nitrogens with zero attached hydrogens (tertiary/aromatic N) is 3. The van der Waals surface area contributed by atoms with E-state index < -0.39 is 0 Å². The van der Waals surface area contributed by atoms with Crippen LogP contribution in [0.25, 0.3) is 10.9 Å². The predicted molar refractivity (Wildman–Crippen MR) is 81.8 cm³/mol. The minimum Gasteiger partial charge on any atom is -0.340 e. The molecule has 0 N–H and O–H groups in total. The molecular formula is C14H8BrN3OS. The molecular weight excluding hydrogens is 338 g/mol. The van der Waals surface area contributed by atoms with Gasteiger partial charge in [0.1, 0.15) is 11.6 Å². The number of rotatable bonds is 2. The third kappa shape index (κ3) is 2.26. The first kappa shape index (κ1) is 13.0. The van der Waals surface area contributed by atoms with Crippen molar-refractivity contribution in [2.75, 3.05) is 0 Å². The number of halogens is 1. The van der Waals surface area contributed by atoms with Crippen LogP contribution >= 0.6 is 27.3 Å². The monoisotopic (exact) mass is 345 g/mol. The van der Waals surface area contributed by atoms with Crippen molar-refractivity contribution in [3.63, 3.8) is 0 Å². The zero-order valence-electron chi connectivity index (χ0n) is 10.2. The Morgan fingerprint density at radius 2 is 2.30 bits per heavy atom. The highest BCUT2D eigenvalue weighted by Crippen LogP contribution is 2.19. The molecule has 4 nitrogen and oxygen atoms in total. The van der Waals surface area contributed by atoms with Crippen LogP contribution in [-0.4, -0.2) is 9.55 Å². The maximum Gasteiger partial charge on any atom is 0.207 e. The molecule has 0 amide bonds. The lowest BCUT2D eigenvalue weighted by molar-refractivity contribution is 0.802. The minimum atomic E-state index is -0.238. The van der Waals surface area contributed by atoms with Gasteiger partial charge in [-0.05, 0) is 18.2 Å². The Hall–Kier alpha value is -1.97. The average Bonchev–Trinajstić information content (AvgIpc) is 2.95. The first-order valence-corrected chi connectivity index (χ1v) is 7.52. The Bertz CT molecular complexity index is 878. The highest BCUT2D eigenvalue weighted by Gasteiger charge is 2.10. The van der Waals surface area contributed by atoms with Crippen LogP contribution in [0, 0.1) is 11.3 Å². The summed E-state index contributed by atoms with van der Waals surface area (Å²) >= 11 is 4.88. The molecule has 0 fully saturated rings. The first-order valence-electron chi connectivity index (χ1n) is 5.79. The van der Waals surface area contributed by atoms with Crippen LogP contribution in [0.2, 0.25) is 0 Å². The second-order valence-corrected chi connectivity index (χ2v) is 5.89. The SMILES string of the molecule is N#Cc1cn(Cc2cscn2)c2ccc(Br)cc2c1=O. The smallest absolute Gasteiger partial charge is 0.207 e. The molecule has 2 aromatic heterocycles. The molecule has 98 valence electrons. The van der Waals surface area contributed by atoms with E-state index >= 15 is 0 Å². The second kappa shape index (κ2) is 5.19. The van der Waals surface area contributed by atoms with Gasteiger partial charge < -0.3 is 4.57 Å². The van der Waals surface area contributed by atoms with Crippen LogP contribution < -0.4 is 5.43 Å². The van der Waals surface area contributed by atoms with E-state index in [-0.39, 0.29) is 11.0 Å². The van der Waals surface area contributed by atoms with Crippen molar-refractivity contribution >= 4 is 38.2 Å². The van der Waals surface area contributed by atoms with Crippen LogP contribution in [0.5, 0.6) is 0 Å². The summed E-state index contributed by atoms with van der Waals surface area (Å²) in [6, 6.07) is 7.46. The Kier molecular flexibility index (Phi) is 3.38. The zero-order valence-corrected chi connectivity index (χ0v) is 12.6. The highest BCUT2D eigenvalue weighted by atomic mass is 79.9. The van der Waals surface area contributed by atoms with Gasteiger partial charge in [-0.15, -0.1) is 11.3 Å². The maximum absolute atomic E-state index is 12.2. The maximum atomic E-state index is 12.2. The van der Waals surface area contributed by atoms with Crippen LogP contribution in [0.4, 0.5) is 0 Å². The van der Waals surface area contributed by atoms with Crippen LogP contribution in [0.1, 0.15) is 11.3 Å². The Morgan fingerprint density at radius 3 is 3.00 bits per heavy atom. The van der Waals surface area contributed by atoms with Gasteiger partial charge in [0.25, 0.3) is 0 Å². The lowest BCUT2D eigenvalue weighted by atomic mass is 10.1. The normalized spacial score (nSPS) is 10.6. The van der Waals surface area contributed by atoms with Crippen LogP contribution in [-0.2, 0) is 6.54 Å². The van der Waals surface area contributed by atoms with Crippen molar-refractivity contribution in [2.24, 2.45) is 0 Å². The van der Waals surface area contributed by atoms with Gasteiger partial charge in [0.2, 0.25) is 5.43 Å². The number of hydrogen-bond acceptors (Lipinski definition) is 4. The molecule has 0 aliphatic rings. The number of thiazole rings is 1. The summed E-state index contributed by atoms with van der Waals surface area (Å²) in [6.07, 6.45) is 1.60. The summed E-state index contributed by atoms with van der Waals surface area (Å²) in [5.41, 5.74) is 3.38. The van der Waals surface area contributed by atoms with E-state index in [1.54, 1.807) is 17.8 Å². The van der Waals surface area contributed by atoms with E-state index in [0.29, 0.717) is 11.9 Å². The lowest BCUT2D eigenvalue weighted by Crippen LogP contribution is -2.13. The summed E-state index contributed by atoms with van der Waals surface area (Å²) in [6.45, 7) is 0.538. The molecule has 0 aliphatic carbocycles. The fourth-order valence-electron chi connectivity index (χ4n) is 2.07. The van der Waals surface area contributed by atoms with Crippen LogP contribution in [0.3, 0.4) is 0 Å². The second-order valence-electron chi connectivity index (χ2n) is 4.25. The van der Waals surface area contributed by atoms with E-state index in [9.17, 15) is 4.79 Å². The molecule has 3 rings (SSSR count). The van der Waals surface area contributed by atoms with E-state index in [0.717, 1.165) is 15.7 Å². The predicted octanol–water partition coefficient (Wildman–Crippen LogP) is 3.14. The minimum absolute atomic E-state index is 0.144. The molecule has 0 saturated carbocycles. The molecule has 0 saturated heterocycles. The number of aromatic nitrogens is 2. The molecule has 0 bridgehead atoms. The lowest BCUT2D eigenvalue weighted by Gasteiger charge is -2.10. The quantitative estimate of drug-likeness (QED) is 0.716. The zero-order chi connectivity index (χ0) is 14.1. The number of hydrogen-bond donors (Lipinski definition) is 0. The topological polar surface area (TPSA) is 58.7 Å². The third-order valence-electron chi connectivity index (χ3n) is 2.98. The summed E-state index contributed by atoms with van der Waals surface area (Å²) in [5.74, 6) is 0. The van der Waals surface area contributed by atoms with Gasteiger partial charge in [-0.25, -0.2) is 4.98 Å². The van der Waals surface area contributed by atoms with Gasteiger partial charge in [-0.3, -0.25) is 4.79 Å². The molecule has 0 aliphatic heterocycles. The van der Waals surface area contributed by atoms with Crippen molar-refractivity contribution in [1.82, 2.24) is 9.55 Å². The number of benzene rings is 1. The van der Waals surface area contributed by atoms with Crippen molar-refractivity contribution in [2.45, 2.75) is 6.54 Å². The van der Waals surface area contributed by atoms with Crippen molar-refractivity contribution in [1.29, 1.82) is 5.26 Å². The molecule has 0 atom stereocenters.